The number of hydrogen-bond acceptors (Lipinski definition) is 4. The quantitative estimate of drug-likeness (QED) is 0.850. The largest absolute Gasteiger partial charge is 0.350 e. The minimum atomic E-state index is -3.11. The highest BCUT2D eigenvalue weighted by atomic mass is 35.5. The SMILES string of the molecule is CC(=O)N(CC(=O)NCc1ccc(Cl)cc1)C1CCS(=O)(=O)C1. The number of carbonyl (C=O) groups is 2. The maximum absolute atomic E-state index is 12.0. The molecule has 0 aliphatic carbocycles. The van der Waals surface area contributed by atoms with Crippen LogP contribution in [0.1, 0.15) is 18.9 Å². The van der Waals surface area contributed by atoms with Gasteiger partial charge in [0.1, 0.15) is 0 Å². The number of benzene rings is 1. The molecule has 1 aliphatic heterocycles. The molecule has 0 aromatic heterocycles. The highest BCUT2D eigenvalue weighted by Crippen LogP contribution is 2.17. The third-order valence-electron chi connectivity index (χ3n) is 3.77. The van der Waals surface area contributed by atoms with Gasteiger partial charge in [-0.15, -0.1) is 0 Å². The van der Waals surface area contributed by atoms with Crippen LogP contribution in [-0.2, 0) is 26.0 Å². The lowest BCUT2D eigenvalue weighted by molar-refractivity contribution is -0.136. The van der Waals surface area contributed by atoms with Crippen molar-refractivity contribution < 1.29 is 18.0 Å². The molecule has 1 saturated heterocycles. The molecule has 0 spiro atoms. The van der Waals surface area contributed by atoms with E-state index in [1.165, 1.54) is 11.8 Å². The van der Waals surface area contributed by atoms with Gasteiger partial charge >= 0.3 is 0 Å². The Kier molecular flexibility index (Phi) is 5.64. The van der Waals surface area contributed by atoms with Gasteiger partial charge in [0.2, 0.25) is 11.8 Å². The van der Waals surface area contributed by atoms with Crippen molar-refractivity contribution in [1.82, 2.24) is 10.2 Å². The molecule has 126 valence electrons. The molecule has 1 aromatic carbocycles. The molecule has 1 atom stereocenters. The second kappa shape index (κ2) is 7.31. The van der Waals surface area contributed by atoms with Gasteiger partial charge in [-0.25, -0.2) is 8.42 Å². The van der Waals surface area contributed by atoms with Crippen LogP contribution in [0.25, 0.3) is 0 Å². The summed E-state index contributed by atoms with van der Waals surface area (Å²) in [4.78, 5) is 25.1. The van der Waals surface area contributed by atoms with Crippen molar-refractivity contribution in [1.29, 1.82) is 0 Å². The molecule has 1 fully saturated rings. The summed E-state index contributed by atoms with van der Waals surface area (Å²) in [6, 6.07) is 6.64. The predicted octanol–water partition coefficient (Wildman–Crippen LogP) is 0.992. The summed E-state index contributed by atoms with van der Waals surface area (Å²) >= 11 is 5.79. The molecular formula is C15H19ClN2O4S. The van der Waals surface area contributed by atoms with Crippen LogP contribution in [0.4, 0.5) is 0 Å². The second-order valence-electron chi connectivity index (χ2n) is 5.61. The smallest absolute Gasteiger partial charge is 0.239 e. The van der Waals surface area contributed by atoms with Crippen molar-refractivity contribution in [3.05, 3.63) is 34.9 Å². The van der Waals surface area contributed by atoms with Crippen LogP contribution in [0, 0.1) is 0 Å². The van der Waals surface area contributed by atoms with Crippen molar-refractivity contribution in [2.24, 2.45) is 0 Å². The molecule has 0 radical (unpaired) electrons. The van der Waals surface area contributed by atoms with Gasteiger partial charge in [0, 0.05) is 24.5 Å². The molecule has 2 rings (SSSR count). The minimum Gasteiger partial charge on any atom is -0.350 e. The molecular weight excluding hydrogens is 340 g/mol. The van der Waals surface area contributed by atoms with E-state index in [1.807, 2.05) is 0 Å². The topological polar surface area (TPSA) is 83.6 Å². The molecule has 1 aliphatic rings. The summed E-state index contributed by atoms with van der Waals surface area (Å²) in [5, 5.41) is 3.34. The van der Waals surface area contributed by atoms with Crippen molar-refractivity contribution in [3.8, 4) is 0 Å². The molecule has 2 amide bonds. The van der Waals surface area contributed by atoms with E-state index >= 15 is 0 Å². The number of halogens is 1. The Morgan fingerprint density at radius 3 is 2.48 bits per heavy atom. The fourth-order valence-corrected chi connectivity index (χ4v) is 4.39. The first kappa shape index (κ1) is 17.7. The Balaban J connectivity index is 1.91. The van der Waals surface area contributed by atoms with Crippen molar-refractivity contribution in [2.45, 2.75) is 25.9 Å². The molecule has 8 heteroatoms. The molecule has 1 unspecified atom stereocenters. The van der Waals surface area contributed by atoms with E-state index in [1.54, 1.807) is 24.3 Å². The first-order valence-electron chi connectivity index (χ1n) is 7.25. The van der Waals surface area contributed by atoms with Gasteiger partial charge in [0.25, 0.3) is 0 Å². The Labute approximate surface area is 140 Å². The van der Waals surface area contributed by atoms with E-state index in [0.717, 1.165) is 5.56 Å². The molecule has 6 nitrogen and oxygen atoms in total. The summed E-state index contributed by atoms with van der Waals surface area (Å²) in [6.45, 7) is 1.53. The lowest BCUT2D eigenvalue weighted by atomic mass is 10.2. The van der Waals surface area contributed by atoms with E-state index in [0.29, 0.717) is 18.0 Å². The molecule has 1 N–H and O–H groups in total. The zero-order valence-electron chi connectivity index (χ0n) is 12.8. The maximum atomic E-state index is 12.0. The van der Waals surface area contributed by atoms with Crippen LogP contribution in [0.2, 0.25) is 5.02 Å². The van der Waals surface area contributed by atoms with Crippen LogP contribution in [0.15, 0.2) is 24.3 Å². The molecule has 0 saturated carbocycles. The van der Waals surface area contributed by atoms with Crippen LogP contribution in [0.5, 0.6) is 0 Å². The predicted molar refractivity (Wildman–Crippen MR) is 87.7 cm³/mol. The fraction of sp³-hybridized carbons (Fsp3) is 0.467. The highest BCUT2D eigenvalue weighted by molar-refractivity contribution is 7.91. The summed E-state index contributed by atoms with van der Waals surface area (Å²) in [5.41, 5.74) is 0.889. The van der Waals surface area contributed by atoms with E-state index in [4.69, 9.17) is 11.6 Å². The molecule has 1 aromatic rings. The number of hydrogen-bond donors (Lipinski definition) is 1. The van der Waals surface area contributed by atoms with Gasteiger partial charge in [-0.05, 0) is 24.1 Å². The fourth-order valence-electron chi connectivity index (χ4n) is 2.53. The molecule has 0 bridgehead atoms. The first-order chi connectivity index (χ1) is 10.8. The highest BCUT2D eigenvalue weighted by Gasteiger charge is 2.34. The van der Waals surface area contributed by atoms with E-state index in [-0.39, 0.29) is 29.9 Å². The van der Waals surface area contributed by atoms with E-state index in [2.05, 4.69) is 5.32 Å². The zero-order chi connectivity index (χ0) is 17.0. The second-order valence-corrected chi connectivity index (χ2v) is 8.27. The van der Waals surface area contributed by atoms with Crippen molar-refractivity contribution >= 4 is 33.3 Å². The third kappa shape index (κ3) is 5.21. The normalized spacial score (nSPS) is 19.3. The van der Waals surface area contributed by atoms with Crippen LogP contribution < -0.4 is 5.32 Å². The lowest BCUT2D eigenvalue weighted by Gasteiger charge is -2.26. The lowest BCUT2D eigenvalue weighted by Crippen LogP contribution is -2.45. The maximum Gasteiger partial charge on any atom is 0.239 e. The van der Waals surface area contributed by atoms with Crippen LogP contribution >= 0.6 is 11.6 Å². The molecule has 1 heterocycles. The van der Waals surface area contributed by atoms with E-state index < -0.39 is 15.9 Å². The Hall–Kier alpha value is -1.60. The summed E-state index contributed by atoms with van der Waals surface area (Å²) in [5.74, 6) is -0.626. The number of carbonyl (C=O) groups excluding carboxylic acids is 2. The third-order valence-corrected chi connectivity index (χ3v) is 5.77. The monoisotopic (exact) mass is 358 g/mol. The molecule has 23 heavy (non-hydrogen) atoms. The Bertz CT molecular complexity index is 688. The van der Waals surface area contributed by atoms with Crippen LogP contribution in [0.3, 0.4) is 0 Å². The summed E-state index contributed by atoms with van der Waals surface area (Å²) < 4.78 is 23.1. The van der Waals surface area contributed by atoms with Gasteiger partial charge in [-0.1, -0.05) is 23.7 Å². The number of nitrogens with zero attached hydrogens (tertiary/aromatic N) is 1. The number of nitrogens with one attached hydrogen (secondary N) is 1. The van der Waals surface area contributed by atoms with Gasteiger partial charge in [0.05, 0.1) is 18.1 Å². The number of amides is 2. The standard InChI is InChI=1S/C15H19ClN2O4S/c1-11(19)18(14-6-7-23(21,22)10-14)9-15(20)17-8-12-2-4-13(16)5-3-12/h2-5,14H,6-10H2,1H3,(H,17,20). The minimum absolute atomic E-state index is 0.0633. The first-order valence-corrected chi connectivity index (χ1v) is 9.45. The average molecular weight is 359 g/mol. The van der Waals surface area contributed by atoms with Crippen LogP contribution in [-0.4, -0.2) is 49.2 Å². The van der Waals surface area contributed by atoms with E-state index in [9.17, 15) is 18.0 Å². The van der Waals surface area contributed by atoms with Gasteiger partial charge in [-0.2, -0.15) is 0 Å². The summed E-state index contributed by atoms with van der Waals surface area (Å²) in [7, 11) is -3.11. The van der Waals surface area contributed by atoms with Crippen molar-refractivity contribution in [3.63, 3.8) is 0 Å². The Morgan fingerprint density at radius 1 is 1.30 bits per heavy atom. The Morgan fingerprint density at radius 2 is 1.96 bits per heavy atom. The number of sulfone groups is 1. The van der Waals surface area contributed by atoms with Gasteiger partial charge in [-0.3, -0.25) is 9.59 Å². The van der Waals surface area contributed by atoms with Crippen molar-refractivity contribution in [2.75, 3.05) is 18.1 Å². The number of rotatable bonds is 5. The van der Waals surface area contributed by atoms with Gasteiger partial charge in [0.15, 0.2) is 9.84 Å². The average Bonchev–Trinajstić information content (AvgIpc) is 2.83. The van der Waals surface area contributed by atoms with Gasteiger partial charge < -0.3 is 10.2 Å². The summed E-state index contributed by atoms with van der Waals surface area (Å²) in [6.07, 6.45) is 0.381. The zero-order valence-corrected chi connectivity index (χ0v) is 14.4.